The number of benzene rings is 1. The molecule has 0 radical (unpaired) electrons. The predicted molar refractivity (Wildman–Crippen MR) is 93.7 cm³/mol. The summed E-state index contributed by atoms with van der Waals surface area (Å²) in [4.78, 5) is 12.0. The molecule has 0 saturated heterocycles. The lowest BCUT2D eigenvalue weighted by atomic mass is 10.1. The Morgan fingerprint density at radius 1 is 1.30 bits per heavy atom. The van der Waals surface area contributed by atoms with Crippen LogP contribution in [-0.2, 0) is 27.5 Å². The molecule has 0 aliphatic heterocycles. The lowest BCUT2D eigenvalue weighted by Crippen LogP contribution is -2.30. The van der Waals surface area contributed by atoms with E-state index in [9.17, 15) is 13.2 Å². The maximum absolute atomic E-state index is 12.3. The van der Waals surface area contributed by atoms with Gasteiger partial charge in [0.25, 0.3) is 0 Å². The number of rotatable bonds is 7. The molecule has 1 aliphatic carbocycles. The van der Waals surface area contributed by atoms with Crippen molar-refractivity contribution in [1.29, 1.82) is 0 Å². The molecule has 1 unspecified atom stereocenters. The summed E-state index contributed by atoms with van der Waals surface area (Å²) in [6.45, 7) is 2.35. The molecule has 1 atom stereocenters. The molecule has 0 aromatic heterocycles. The Morgan fingerprint density at radius 2 is 2.00 bits per heavy atom. The summed E-state index contributed by atoms with van der Waals surface area (Å²) in [6.07, 6.45) is 3.72. The highest BCUT2D eigenvalue weighted by atomic mass is 35.5. The summed E-state index contributed by atoms with van der Waals surface area (Å²) in [5.74, 6) is -0.402. The Morgan fingerprint density at radius 3 is 2.70 bits per heavy atom. The smallest absolute Gasteiger partial charge is 0.221 e. The normalized spacial score (nSPS) is 14.7. The van der Waals surface area contributed by atoms with E-state index >= 15 is 0 Å². The number of hydrogen-bond acceptors (Lipinski definition) is 4. The van der Waals surface area contributed by atoms with Gasteiger partial charge in [-0.2, -0.15) is 0 Å². The van der Waals surface area contributed by atoms with Gasteiger partial charge in [0.05, 0.1) is 10.6 Å². The molecular weight excluding hydrogens is 336 g/mol. The maximum Gasteiger partial charge on any atom is 0.221 e. The fourth-order valence-electron chi connectivity index (χ4n) is 2.61. The van der Waals surface area contributed by atoms with E-state index in [1.165, 1.54) is 5.56 Å². The van der Waals surface area contributed by atoms with E-state index in [2.05, 4.69) is 5.32 Å². The highest BCUT2D eigenvalue weighted by Gasteiger charge is 2.19. The molecule has 1 aliphatic rings. The second-order valence-electron chi connectivity index (χ2n) is 5.97. The third-order valence-corrected chi connectivity index (χ3v) is 5.66. The first-order chi connectivity index (χ1) is 10.4. The molecule has 0 saturated carbocycles. The van der Waals surface area contributed by atoms with E-state index < -0.39 is 9.84 Å². The monoisotopic (exact) mass is 360 g/mol. The third-order valence-electron chi connectivity index (χ3n) is 3.95. The topological polar surface area (TPSA) is 89.3 Å². The van der Waals surface area contributed by atoms with Gasteiger partial charge in [-0.05, 0) is 55.9 Å². The fourth-order valence-corrected chi connectivity index (χ4v) is 3.90. The first-order valence-corrected chi connectivity index (χ1v) is 9.40. The largest absolute Gasteiger partial charge is 0.356 e. The standard InChI is InChI=1S/C16H24N2O3S.ClH/c1-12(17)7-9-18-16(19)8-10-22(20,21)15-6-5-13-3-2-4-14(13)11-15;/h5-6,11-12H,2-4,7-10,17H2,1H3,(H,18,19);1H. The van der Waals surface area contributed by atoms with Gasteiger partial charge in [0.2, 0.25) is 5.91 Å². The first-order valence-electron chi connectivity index (χ1n) is 7.75. The zero-order valence-corrected chi connectivity index (χ0v) is 15.0. The molecule has 130 valence electrons. The molecule has 0 fully saturated rings. The van der Waals surface area contributed by atoms with Crippen LogP contribution < -0.4 is 11.1 Å². The zero-order valence-electron chi connectivity index (χ0n) is 13.4. The maximum atomic E-state index is 12.3. The van der Waals surface area contributed by atoms with E-state index in [4.69, 9.17) is 5.73 Å². The zero-order chi connectivity index (χ0) is 16.2. The summed E-state index contributed by atoms with van der Waals surface area (Å²) >= 11 is 0. The lowest BCUT2D eigenvalue weighted by Gasteiger charge is -2.09. The molecule has 1 aromatic rings. The van der Waals surface area contributed by atoms with Crippen molar-refractivity contribution < 1.29 is 13.2 Å². The van der Waals surface area contributed by atoms with Crippen LogP contribution >= 0.6 is 12.4 Å². The minimum atomic E-state index is -3.40. The Labute approximate surface area is 144 Å². The van der Waals surface area contributed by atoms with E-state index in [1.807, 2.05) is 13.0 Å². The minimum absolute atomic E-state index is 0. The third kappa shape index (κ3) is 5.79. The van der Waals surface area contributed by atoms with E-state index in [1.54, 1.807) is 12.1 Å². The number of carbonyl (C=O) groups is 1. The summed E-state index contributed by atoms with van der Waals surface area (Å²) in [5, 5.41) is 2.70. The van der Waals surface area contributed by atoms with Crippen molar-refractivity contribution in [2.24, 2.45) is 5.73 Å². The lowest BCUT2D eigenvalue weighted by molar-refractivity contribution is -0.120. The van der Waals surface area contributed by atoms with E-state index in [-0.39, 0.29) is 36.5 Å². The van der Waals surface area contributed by atoms with Gasteiger partial charge >= 0.3 is 0 Å². The number of nitrogens with two attached hydrogens (primary N) is 1. The minimum Gasteiger partial charge on any atom is -0.356 e. The van der Waals surface area contributed by atoms with Gasteiger partial charge in [-0.3, -0.25) is 4.79 Å². The Bertz CT molecular complexity index is 645. The number of nitrogens with one attached hydrogen (secondary N) is 1. The molecule has 23 heavy (non-hydrogen) atoms. The first kappa shape index (κ1) is 19.9. The number of sulfone groups is 1. The summed E-state index contributed by atoms with van der Waals surface area (Å²) < 4.78 is 24.6. The van der Waals surface area contributed by atoms with Crippen molar-refractivity contribution >= 4 is 28.2 Å². The van der Waals surface area contributed by atoms with Crippen molar-refractivity contribution in [3.05, 3.63) is 29.3 Å². The van der Waals surface area contributed by atoms with Gasteiger partial charge in [0.1, 0.15) is 0 Å². The molecular formula is C16H25ClN2O3S. The molecule has 0 bridgehead atoms. The summed E-state index contributed by atoms with van der Waals surface area (Å²) in [7, 11) is -3.40. The van der Waals surface area contributed by atoms with Crippen LogP contribution in [0.4, 0.5) is 0 Å². The number of carbonyl (C=O) groups excluding carboxylic acids is 1. The van der Waals surface area contributed by atoms with Gasteiger partial charge in [-0.1, -0.05) is 6.07 Å². The number of halogens is 1. The number of hydrogen-bond donors (Lipinski definition) is 2. The van der Waals surface area contributed by atoms with Crippen LogP contribution in [-0.4, -0.2) is 32.7 Å². The number of aryl methyl sites for hydroxylation is 2. The van der Waals surface area contributed by atoms with Gasteiger partial charge in [0.15, 0.2) is 9.84 Å². The quantitative estimate of drug-likeness (QED) is 0.773. The summed E-state index contributed by atoms with van der Waals surface area (Å²) in [6, 6.07) is 5.35. The van der Waals surface area contributed by atoms with Gasteiger partial charge in [0, 0.05) is 19.0 Å². The molecule has 0 heterocycles. The highest BCUT2D eigenvalue weighted by molar-refractivity contribution is 7.91. The molecule has 2 rings (SSSR count). The average molecular weight is 361 g/mol. The number of fused-ring (bicyclic) bond motifs is 1. The SMILES string of the molecule is CC(N)CCNC(=O)CCS(=O)(=O)c1ccc2c(c1)CCC2.Cl. The second-order valence-corrected chi connectivity index (χ2v) is 8.08. The molecule has 5 nitrogen and oxygen atoms in total. The van der Waals surface area contributed by atoms with E-state index in [0.29, 0.717) is 17.9 Å². The van der Waals surface area contributed by atoms with Crippen molar-refractivity contribution in [3.8, 4) is 0 Å². The van der Waals surface area contributed by atoms with Crippen LogP contribution in [0.2, 0.25) is 0 Å². The van der Waals surface area contributed by atoms with Crippen LogP contribution in [0.1, 0.15) is 37.3 Å². The van der Waals surface area contributed by atoms with Gasteiger partial charge < -0.3 is 11.1 Å². The van der Waals surface area contributed by atoms with Gasteiger partial charge in [-0.25, -0.2) is 8.42 Å². The highest BCUT2D eigenvalue weighted by Crippen LogP contribution is 2.25. The Balaban J connectivity index is 0.00000264. The molecule has 0 spiro atoms. The van der Waals surface area contributed by atoms with E-state index in [0.717, 1.165) is 24.8 Å². The molecule has 3 N–H and O–H groups in total. The number of amides is 1. The van der Waals surface area contributed by atoms with Crippen molar-refractivity contribution in [3.63, 3.8) is 0 Å². The van der Waals surface area contributed by atoms with Crippen LogP contribution in [0.3, 0.4) is 0 Å². The fraction of sp³-hybridized carbons (Fsp3) is 0.562. The Kier molecular flexibility index (Phi) is 7.51. The Hall–Kier alpha value is -1.11. The molecule has 7 heteroatoms. The molecule has 1 aromatic carbocycles. The van der Waals surface area contributed by atoms with Crippen molar-refractivity contribution in [2.45, 2.75) is 50.0 Å². The average Bonchev–Trinajstić information content (AvgIpc) is 2.92. The summed E-state index contributed by atoms with van der Waals surface area (Å²) in [5.41, 5.74) is 7.97. The van der Waals surface area contributed by atoms with Crippen LogP contribution in [0, 0.1) is 0 Å². The van der Waals surface area contributed by atoms with Gasteiger partial charge in [-0.15, -0.1) is 12.4 Å². The van der Waals surface area contributed by atoms with Crippen LogP contribution in [0.5, 0.6) is 0 Å². The second kappa shape index (κ2) is 8.66. The molecule has 1 amide bonds. The van der Waals surface area contributed by atoms with Crippen molar-refractivity contribution in [1.82, 2.24) is 5.32 Å². The van der Waals surface area contributed by atoms with Crippen LogP contribution in [0.25, 0.3) is 0 Å². The van der Waals surface area contributed by atoms with Crippen LogP contribution in [0.15, 0.2) is 23.1 Å². The predicted octanol–water partition coefficient (Wildman–Crippen LogP) is 1.61. The van der Waals surface area contributed by atoms with Crippen molar-refractivity contribution in [2.75, 3.05) is 12.3 Å².